The molecule has 0 atom stereocenters. The summed E-state index contributed by atoms with van der Waals surface area (Å²) in [7, 11) is 0. The first-order valence-corrected chi connectivity index (χ1v) is 7.91. The van der Waals surface area contributed by atoms with Gasteiger partial charge in [-0.2, -0.15) is 0 Å². The van der Waals surface area contributed by atoms with Gasteiger partial charge in [-0.15, -0.1) is 4.83 Å². The third-order valence-electron chi connectivity index (χ3n) is 3.67. The molecule has 2 aromatic carbocycles. The highest BCUT2D eigenvalue weighted by molar-refractivity contribution is 8.12. The molecule has 5 heteroatoms. The molecule has 1 N–H and O–H groups in total. The van der Waals surface area contributed by atoms with Gasteiger partial charge in [0.1, 0.15) is 0 Å². The Morgan fingerprint density at radius 2 is 1.43 bits per heavy atom. The predicted molar refractivity (Wildman–Crippen MR) is 86.4 cm³/mol. The van der Waals surface area contributed by atoms with E-state index in [1.807, 2.05) is 60.7 Å². The van der Waals surface area contributed by atoms with Crippen LogP contribution in [0.15, 0.2) is 60.7 Å². The molecule has 3 rings (SSSR count). The molecule has 0 saturated carbocycles. The van der Waals surface area contributed by atoms with Gasteiger partial charge in [-0.05, 0) is 15.2 Å². The Bertz CT molecular complexity index is 599. The van der Waals surface area contributed by atoms with Crippen molar-refractivity contribution in [3.05, 3.63) is 71.8 Å². The summed E-state index contributed by atoms with van der Waals surface area (Å²) in [5, 5.41) is 0.0743. The highest BCUT2D eigenvalue weighted by Crippen LogP contribution is 2.32. The lowest BCUT2D eigenvalue weighted by Gasteiger charge is -2.19. The van der Waals surface area contributed by atoms with Crippen molar-refractivity contribution in [2.45, 2.75) is 18.4 Å². The quantitative estimate of drug-likeness (QED) is 0.694. The minimum Gasteiger partial charge on any atom is -0.277 e. The molecule has 0 aromatic heterocycles. The molecular formula is C16H15N2OS2+. The molecule has 0 spiro atoms. The fraction of sp³-hybridized carbons (Fsp3) is 0.188. The van der Waals surface area contributed by atoms with Crippen LogP contribution in [0.3, 0.4) is 0 Å². The number of benzene rings is 2. The zero-order chi connectivity index (χ0) is 14.7. The number of carbonyl (C=O) groups excluding carboxylic acids is 1. The first-order chi connectivity index (χ1) is 10.2. The van der Waals surface area contributed by atoms with Gasteiger partial charge in [0.2, 0.25) is 0 Å². The van der Waals surface area contributed by atoms with Gasteiger partial charge in [0.15, 0.2) is 0 Å². The van der Waals surface area contributed by atoms with E-state index >= 15 is 0 Å². The van der Waals surface area contributed by atoms with Crippen LogP contribution in [-0.2, 0) is 30.1 Å². The second-order valence-corrected chi connectivity index (χ2v) is 6.25. The Kier molecular flexibility index (Phi) is 4.03. The van der Waals surface area contributed by atoms with E-state index in [2.05, 4.69) is 4.83 Å². The number of rotatable bonds is 4. The van der Waals surface area contributed by atoms with Crippen molar-refractivity contribution in [2.24, 2.45) is 0 Å². The van der Waals surface area contributed by atoms with E-state index in [1.54, 1.807) is 4.05 Å². The normalized spacial score (nSPS) is 16.8. The van der Waals surface area contributed by atoms with Crippen molar-refractivity contribution < 1.29 is 8.85 Å². The molecule has 1 saturated heterocycles. The minimum absolute atomic E-state index is 0.0743. The summed E-state index contributed by atoms with van der Waals surface area (Å²) in [6, 6.07) is 20.0. The SMILES string of the molecule is O=C1SN[N+](=S)C1(Cc1ccccc1)Cc1ccccc1. The fourth-order valence-electron chi connectivity index (χ4n) is 2.57. The van der Waals surface area contributed by atoms with Crippen LogP contribution in [0.5, 0.6) is 0 Å². The maximum Gasteiger partial charge on any atom is 0.299 e. The summed E-state index contributed by atoms with van der Waals surface area (Å²) in [5.41, 5.74) is 1.50. The van der Waals surface area contributed by atoms with Crippen molar-refractivity contribution in [1.29, 1.82) is 0 Å². The second-order valence-electron chi connectivity index (χ2n) is 5.13. The molecule has 1 aliphatic rings. The van der Waals surface area contributed by atoms with Crippen LogP contribution in [0.1, 0.15) is 11.1 Å². The zero-order valence-electron chi connectivity index (χ0n) is 11.4. The molecule has 0 radical (unpaired) electrons. The van der Waals surface area contributed by atoms with Crippen LogP contribution >= 0.6 is 11.9 Å². The topological polar surface area (TPSA) is 32.1 Å². The van der Waals surface area contributed by atoms with E-state index in [1.165, 1.54) is 0 Å². The van der Waals surface area contributed by atoms with E-state index in [-0.39, 0.29) is 5.12 Å². The predicted octanol–water partition coefficient (Wildman–Crippen LogP) is 2.65. The maximum atomic E-state index is 12.5. The number of hydrazine groups is 1. The Morgan fingerprint density at radius 1 is 0.952 bits per heavy atom. The molecular weight excluding hydrogens is 300 g/mol. The number of hydrogen-bond donors (Lipinski definition) is 1. The van der Waals surface area contributed by atoms with Gasteiger partial charge in [-0.1, -0.05) is 60.7 Å². The zero-order valence-corrected chi connectivity index (χ0v) is 13.0. The van der Waals surface area contributed by atoms with Crippen LogP contribution in [0.2, 0.25) is 0 Å². The molecule has 0 amide bonds. The van der Waals surface area contributed by atoms with Gasteiger partial charge in [0, 0.05) is 0 Å². The van der Waals surface area contributed by atoms with Crippen LogP contribution in [-0.4, -0.2) is 14.7 Å². The van der Waals surface area contributed by atoms with Crippen molar-refractivity contribution in [3.63, 3.8) is 0 Å². The largest absolute Gasteiger partial charge is 0.299 e. The van der Waals surface area contributed by atoms with E-state index < -0.39 is 5.54 Å². The van der Waals surface area contributed by atoms with Crippen LogP contribution in [0.4, 0.5) is 0 Å². The summed E-state index contributed by atoms with van der Waals surface area (Å²) < 4.78 is 1.54. The first kappa shape index (κ1) is 14.2. The lowest BCUT2D eigenvalue weighted by molar-refractivity contribution is -0.590. The molecule has 3 nitrogen and oxygen atoms in total. The highest BCUT2D eigenvalue weighted by atomic mass is 32.2. The number of hydrogen-bond acceptors (Lipinski definition) is 3. The van der Waals surface area contributed by atoms with Gasteiger partial charge in [0.25, 0.3) is 23.1 Å². The summed E-state index contributed by atoms with van der Waals surface area (Å²) >= 11 is 6.48. The van der Waals surface area contributed by atoms with Gasteiger partial charge < -0.3 is 0 Å². The highest BCUT2D eigenvalue weighted by Gasteiger charge is 2.56. The van der Waals surface area contributed by atoms with Crippen LogP contribution < -0.4 is 4.83 Å². The smallest absolute Gasteiger partial charge is 0.277 e. The lowest BCUT2D eigenvalue weighted by atomic mass is 9.86. The molecule has 1 heterocycles. The van der Waals surface area contributed by atoms with Crippen molar-refractivity contribution >= 4 is 29.5 Å². The van der Waals surface area contributed by atoms with Gasteiger partial charge >= 0.3 is 0 Å². The Balaban J connectivity index is 1.96. The van der Waals surface area contributed by atoms with Crippen molar-refractivity contribution in [3.8, 4) is 0 Å². The minimum atomic E-state index is -0.720. The molecule has 1 fully saturated rings. The average Bonchev–Trinajstić information content (AvgIpc) is 2.78. The van der Waals surface area contributed by atoms with E-state index in [4.69, 9.17) is 12.4 Å². The monoisotopic (exact) mass is 315 g/mol. The van der Waals surface area contributed by atoms with Crippen LogP contribution in [0, 0.1) is 0 Å². The lowest BCUT2D eigenvalue weighted by Crippen LogP contribution is -2.48. The summed E-state index contributed by atoms with van der Waals surface area (Å²) in [6.45, 7) is 0. The van der Waals surface area contributed by atoms with Gasteiger partial charge in [-0.25, -0.2) is 0 Å². The third-order valence-corrected chi connectivity index (χ3v) is 5.06. The van der Waals surface area contributed by atoms with E-state index in [9.17, 15) is 4.79 Å². The second kappa shape index (κ2) is 5.95. The van der Waals surface area contributed by atoms with Crippen LogP contribution in [0.25, 0.3) is 0 Å². The standard InChI is InChI=1S/C16H15N2OS2/c19-15-16(18(20)17-21-15,11-13-7-3-1-4-8-13)12-14-9-5-2-6-10-14/h1-10H,11-12H2,(H,17,20)/q+1. The van der Waals surface area contributed by atoms with E-state index in [0.717, 1.165) is 23.1 Å². The summed E-state index contributed by atoms with van der Waals surface area (Å²) in [5.74, 6) is 0. The van der Waals surface area contributed by atoms with E-state index in [0.29, 0.717) is 12.8 Å². The molecule has 2 aromatic rings. The average molecular weight is 315 g/mol. The first-order valence-electron chi connectivity index (χ1n) is 6.73. The molecule has 21 heavy (non-hydrogen) atoms. The number of carbonyl (C=O) groups is 1. The summed E-state index contributed by atoms with van der Waals surface area (Å²) in [6.07, 6.45) is 1.20. The number of nitrogens with zero attached hydrogens (tertiary/aromatic N) is 1. The van der Waals surface area contributed by atoms with Gasteiger partial charge in [-0.3, -0.25) is 4.79 Å². The van der Waals surface area contributed by atoms with Crippen molar-refractivity contribution in [2.75, 3.05) is 0 Å². The fourth-order valence-corrected chi connectivity index (χ4v) is 3.71. The summed E-state index contributed by atoms with van der Waals surface area (Å²) in [4.78, 5) is 15.4. The molecule has 0 unspecified atom stereocenters. The number of nitrogens with one attached hydrogen (secondary N) is 1. The third kappa shape index (κ3) is 2.84. The Hall–Kier alpha value is -1.72. The molecule has 106 valence electrons. The Labute approximate surface area is 133 Å². The Morgan fingerprint density at radius 3 is 1.81 bits per heavy atom. The molecule has 0 bridgehead atoms. The maximum absolute atomic E-state index is 12.5. The van der Waals surface area contributed by atoms with Gasteiger partial charge in [0.05, 0.1) is 24.8 Å². The molecule has 1 aliphatic heterocycles. The molecule has 0 aliphatic carbocycles. The van der Waals surface area contributed by atoms with Crippen molar-refractivity contribution in [1.82, 2.24) is 4.83 Å².